The van der Waals surface area contributed by atoms with Gasteiger partial charge in [-0.15, -0.1) is 11.6 Å². The number of allylic oxidation sites excluding steroid dienone is 1. The molecule has 0 aromatic carbocycles. The van der Waals surface area contributed by atoms with Gasteiger partial charge in [-0.3, -0.25) is 9.59 Å². The SMILES string of the molecule is CC12CCC(=O)C=C1CCC1C2CCC2(C)C(C(=O)CCl)CCC12. The number of alkyl halides is 1. The molecule has 4 rings (SSSR count). The molecular weight excluding hydrogens is 320 g/mol. The Balaban J connectivity index is 1.65. The molecule has 24 heavy (non-hydrogen) atoms. The number of hydrogen-bond acceptors (Lipinski definition) is 2. The maximum absolute atomic E-state index is 12.4. The molecule has 0 N–H and O–H groups in total. The first-order valence-corrected chi connectivity index (χ1v) is 10.3. The van der Waals surface area contributed by atoms with Crippen molar-refractivity contribution in [3.63, 3.8) is 0 Å². The molecule has 3 heteroatoms. The van der Waals surface area contributed by atoms with Crippen molar-refractivity contribution in [3.8, 4) is 0 Å². The first-order chi connectivity index (χ1) is 11.4. The van der Waals surface area contributed by atoms with Crippen molar-refractivity contribution in [1.29, 1.82) is 0 Å². The number of fused-ring (bicyclic) bond motifs is 5. The lowest BCUT2D eigenvalue weighted by Crippen LogP contribution is -2.51. The zero-order valence-electron chi connectivity index (χ0n) is 14.9. The number of rotatable bonds is 2. The number of carbonyl (C=O) groups excluding carboxylic acids is 2. The van der Waals surface area contributed by atoms with Crippen molar-refractivity contribution in [2.75, 3.05) is 5.88 Å². The maximum atomic E-state index is 12.4. The molecule has 3 saturated carbocycles. The van der Waals surface area contributed by atoms with E-state index in [-0.39, 0.29) is 28.4 Å². The predicted molar refractivity (Wildman–Crippen MR) is 95.9 cm³/mol. The van der Waals surface area contributed by atoms with E-state index in [1.165, 1.54) is 24.8 Å². The number of carbonyl (C=O) groups is 2. The summed E-state index contributed by atoms with van der Waals surface area (Å²) in [6.45, 7) is 4.79. The molecule has 0 amide bonds. The van der Waals surface area contributed by atoms with Crippen molar-refractivity contribution in [1.82, 2.24) is 0 Å². The second-order valence-electron chi connectivity index (χ2n) is 9.24. The van der Waals surface area contributed by atoms with Gasteiger partial charge in [-0.2, -0.15) is 0 Å². The van der Waals surface area contributed by atoms with Crippen molar-refractivity contribution in [2.45, 2.75) is 65.2 Å². The maximum Gasteiger partial charge on any atom is 0.155 e. The molecule has 6 atom stereocenters. The van der Waals surface area contributed by atoms with Crippen molar-refractivity contribution in [3.05, 3.63) is 11.6 Å². The fourth-order valence-corrected chi connectivity index (χ4v) is 7.37. The molecule has 0 aromatic heterocycles. The second-order valence-corrected chi connectivity index (χ2v) is 9.51. The van der Waals surface area contributed by atoms with Crippen LogP contribution in [0.25, 0.3) is 0 Å². The molecule has 0 radical (unpaired) electrons. The quantitative estimate of drug-likeness (QED) is 0.662. The van der Waals surface area contributed by atoms with Crippen LogP contribution in [0.15, 0.2) is 11.6 Å². The van der Waals surface area contributed by atoms with Crippen LogP contribution in [-0.2, 0) is 9.59 Å². The third-order valence-electron chi connectivity index (χ3n) is 8.48. The minimum atomic E-state index is 0.162. The molecular formula is C21H29ClO2. The summed E-state index contributed by atoms with van der Waals surface area (Å²) in [5.41, 5.74) is 1.82. The molecule has 0 aliphatic heterocycles. The van der Waals surface area contributed by atoms with Gasteiger partial charge < -0.3 is 0 Å². The third kappa shape index (κ3) is 2.21. The van der Waals surface area contributed by atoms with Crippen LogP contribution in [0.4, 0.5) is 0 Å². The zero-order valence-corrected chi connectivity index (χ0v) is 15.7. The highest BCUT2D eigenvalue weighted by Crippen LogP contribution is 2.66. The summed E-state index contributed by atoms with van der Waals surface area (Å²) in [4.78, 5) is 24.3. The lowest BCUT2D eigenvalue weighted by Gasteiger charge is -2.58. The Hall–Kier alpha value is -0.630. The van der Waals surface area contributed by atoms with Crippen LogP contribution in [0.2, 0.25) is 0 Å². The second kappa shape index (κ2) is 5.69. The summed E-state index contributed by atoms with van der Waals surface area (Å²) in [7, 11) is 0. The van der Waals surface area contributed by atoms with E-state index >= 15 is 0 Å². The summed E-state index contributed by atoms with van der Waals surface area (Å²) < 4.78 is 0. The van der Waals surface area contributed by atoms with Crippen LogP contribution >= 0.6 is 11.6 Å². The molecule has 6 unspecified atom stereocenters. The van der Waals surface area contributed by atoms with E-state index < -0.39 is 0 Å². The van der Waals surface area contributed by atoms with Gasteiger partial charge in [0.2, 0.25) is 0 Å². The molecule has 0 bridgehead atoms. The number of Topliss-reactive ketones (excluding diaryl/α,β-unsaturated/α-hetero) is 1. The molecule has 4 aliphatic carbocycles. The molecule has 132 valence electrons. The minimum Gasteiger partial charge on any atom is -0.298 e. The Kier molecular flexibility index (Phi) is 3.99. The van der Waals surface area contributed by atoms with E-state index in [1.807, 2.05) is 6.08 Å². The molecule has 0 heterocycles. The van der Waals surface area contributed by atoms with Gasteiger partial charge >= 0.3 is 0 Å². The van der Waals surface area contributed by atoms with E-state index in [9.17, 15) is 9.59 Å². The Morgan fingerprint density at radius 2 is 1.92 bits per heavy atom. The standard InChI is InChI=1S/C21H29ClO2/c1-20-9-7-14(23)11-13(20)3-4-15-16-5-6-18(19(24)12-22)21(16,2)10-8-17(15)20/h11,15-18H,3-10,12H2,1-2H3. The first kappa shape index (κ1) is 16.8. The summed E-state index contributed by atoms with van der Waals surface area (Å²) in [5, 5.41) is 0. The van der Waals surface area contributed by atoms with Gasteiger partial charge in [0.05, 0.1) is 5.88 Å². The van der Waals surface area contributed by atoms with E-state index in [0.717, 1.165) is 38.0 Å². The van der Waals surface area contributed by atoms with Gasteiger partial charge in [0.1, 0.15) is 0 Å². The highest BCUT2D eigenvalue weighted by Gasteiger charge is 2.59. The molecule has 3 fully saturated rings. The molecule has 0 saturated heterocycles. The van der Waals surface area contributed by atoms with Crippen LogP contribution < -0.4 is 0 Å². The van der Waals surface area contributed by atoms with E-state index in [1.54, 1.807) is 0 Å². The summed E-state index contributed by atoms with van der Waals surface area (Å²) in [5.74, 6) is 3.05. The highest BCUT2D eigenvalue weighted by atomic mass is 35.5. The van der Waals surface area contributed by atoms with E-state index in [2.05, 4.69) is 13.8 Å². The summed E-state index contributed by atoms with van der Waals surface area (Å²) in [6, 6.07) is 0. The van der Waals surface area contributed by atoms with Gasteiger partial charge in [-0.1, -0.05) is 19.4 Å². The third-order valence-corrected chi connectivity index (χ3v) is 8.75. The Morgan fingerprint density at radius 1 is 1.12 bits per heavy atom. The fraction of sp³-hybridized carbons (Fsp3) is 0.810. The average molecular weight is 349 g/mol. The van der Waals surface area contributed by atoms with Crippen LogP contribution in [0.1, 0.15) is 65.2 Å². The van der Waals surface area contributed by atoms with Gasteiger partial charge in [0.25, 0.3) is 0 Å². The van der Waals surface area contributed by atoms with Crippen LogP contribution in [0, 0.1) is 34.5 Å². The minimum absolute atomic E-state index is 0.162. The Labute approximate surface area is 150 Å². The van der Waals surface area contributed by atoms with Crippen LogP contribution in [0.5, 0.6) is 0 Å². The normalized spacial score (nSPS) is 47.5. The lowest BCUT2D eigenvalue weighted by molar-refractivity contribution is -0.128. The van der Waals surface area contributed by atoms with Crippen LogP contribution in [-0.4, -0.2) is 17.4 Å². The lowest BCUT2D eigenvalue weighted by atomic mass is 9.46. The van der Waals surface area contributed by atoms with Gasteiger partial charge in [0.15, 0.2) is 11.6 Å². The Morgan fingerprint density at radius 3 is 2.67 bits per heavy atom. The number of halogens is 1. The van der Waals surface area contributed by atoms with Gasteiger partial charge in [0, 0.05) is 12.3 Å². The first-order valence-electron chi connectivity index (χ1n) is 9.72. The highest BCUT2D eigenvalue weighted by molar-refractivity contribution is 6.28. The van der Waals surface area contributed by atoms with Crippen molar-refractivity contribution in [2.24, 2.45) is 34.5 Å². The van der Waals surface area contributed by atoms with Crippen molar-refractivity contribution >= 4 is 23.2 Å². The monoisotopic (exact) mass is 348 g/mol. The van der Waals surface area contributed by atoms with Gasteiger partial charge in [-0.25, -0.2) is 0 Å². The molecule has 4 aliphatic rings. The largest absolute Gasteiger partial charge is 0.298 e. The number of ketones is 2. The summed E-state index contributed by atoms with van der Waals surface area (Å²) >= 11 is 5.90. The fourth-order valence-electron chi connectivity index (χ4n) is 7.18. The van der Waals surface area contributed by atoms with Crippen molar-refractivity contribution < 1.29 is 9.59 Å². The molecule has 0 aromatic rings. The topological polar surface area (TPSA) is 34.1 Å². The smallest absolute Gasteiger partial charge is 0.155 e. The molecule has 2 nitrogen and oxygen atoms in total. The van der Waals surface area contributed by atoms with E-state index in [4.69, 9.17) is 11.6 Å². The zero-order chi connectivity index (χ0) is 17.1. The average Bonchev–Trinajstić information content (AvgIpc) is 2.92. The summed E-state index contributed by atoms with van der Waals surface area (Å²) in [6.07, 6.45) is 10.6. The molecule has 0 spiro atoms. The van der Waals surface area contributed by atoms with Crippen LogP contribution in [0.3, 0.4) is 0 Å². The predicted octanol–water partition coefficient (Wildman–Crippen LogP) is 4.94. The van der Waals surface area contributed by atoms with E-state index in [0.29, 0.717) is 17.6 Å². The van der Waals surface area contributed by atoms with Gasteiger partial charge in [-0.05, 0) is 79.6 Å². The number of hydrogen-bond donors (Lipinski definition) is 0. The Bertz CT molecular complexity index is 609.